The Balaban J connectivity index is 2.35. The molecule has 2 aromatic rings. The van der Waals surface area contributed by atoms with E-state index in [2.05, 4.69) is 36.5 Å². The zero-order chi connectivity index (χ0) is 24.3. The highest BCUT2D eigenvalue weighted by molar-refractivity contribution is 6.06. The van der Waals surface area contributed by atoms with Gasteiger partial charge in [0.15, 0.2) is 5.69 Å². The minimum atomic E-state index is -1.10. The summed E-state index contributed by atoms with van der Waals surface area (Å²) in [7, 11) is 0. The maximum absolute atomic E-state index is 14.6. The van der Waals surface area contributed by atoms with Gasteiger partial charge in [0.2, 0.25) is 5.91 Å². The smallest absolute Gasteiger partial charge is 0.273 e. The van der Waals surface area contributed by atoms with Crippen LogP contribution >= 0.6 is 0 Å². The van der Waals surface area contributed by atoms with Gasteiger partial charge in [-0.3, -0.25) is 14.3 Å². The Morgan fingerprint density at radius 3 is 2.41 bits per heavy atom. The number of fused-ring (bicyclic) bond motifs is 1. The van der Waals surface area contributed by atoms with E-state index >= 15 is 0 Å². The van der Waals surface area contributed by atoms with Gasteiger partial charge >= 0.3 is 0 Å². The summed E-state index contributed by atoms with van der Waals surface area (Å²) in [5.41, 5.74) is -0.351. The molecule has 8 nitrogen and oxygen atoms in total. The first kappa shape index (κ1) is 25.7. The fourth-order valence-corrected chi connectivity index (χ4v) is 3.22. The molecule has 2 atom stereocenters. The third kappa shape index (κ3) is 6.49. The Morgan fingerprint density at radius 2 is 1.84 bits per heavy atom. The number of hydrogen-bond acceptors (Lipinski definition) is 5. The summed E-state index contributed by atoms with van der Waals surface area (Å²) < 4.78 is 16.1. The number of aliphatic hydroxyl groups is 2. The third-order valence-electron chi connectivity index (χ3n) is 5.14. The molecule has 0 aliphatic carbocycles. The molecule has 1 aromatic carbocycles. The molecule has 0 aliphatic heterocycles. The van der Waals surface area contributed by atoms with Crippen molar-refractivity contribution in [1.29, 1.82) is 0 Å². The van der Waals surface area contributed by atoms with Gasteiger partial charge in [-0.15, -0.1) is 0 Å². The van der Waals surface area contributed by atoms with Crippen molar-refractivity contribution in [3.8, 4) is 0 Å². The van der Waals surface area contributed by atoms with Crippen LogP contribution in [0.4, 0.5) is 4.39 Å². The van der Waals surface area contributed by atoms with Gasteiger partial charge in [0.1, 0.15) is 17.4 Å². The van der Waals surface area contributed by atoms with E-state index in [1.165, 1.54) is 16.8 Å². The maximum atomic E-state index is 14.6. The quantitative estimate of drug-likeness (QED) is 0.492. The van der Waals surface area contributed by atoms with E-state index in [0.717, 1.165) is 6.42 Å². The van der Waals surface area contributed by atoms with Gasteiger partial charge in [-0.05, 0) is 23.3 Å². The Kier molecular flexibility index (Phi) is 8.01. The second kappa shape index (κ2) is 9.95. The van der Waals surface area contributed by atoms with Crippen molar-refractivity contribution in [1.82, 2.24) is 20.4 Å². The summed E-state index contributed by atoms with van der Waals surface area (Å²) in [6.45, 7) is 11.4. The number of carbonyl (C=O) groups is 2. The van der Waals surface area contributed by atoms with Crippen molar-refractivity contribution >= 4 is 22.7 Å². The van der Waals surface area contributed by atoms with Crippen LogP contribution in [-0.4, -0.2) is 57.1 Å². The van der Waals surface area contributed by atoms with E-state index in [4.69, 9.17) is 5.11 Å². The van der Waals surface area contributed by atoms with Crippen molar-refractivity contribution < 1.29 is 24.2 Å². The fraction of sp³-hybridized carbons (Fsp3) is 0.609. The summed E-state index contributed by atoms with van der Waals surface area (Å²) in [5.74, 6) is -1.56. The standard InChI is InChI=1S/C23H35FN4O4/c1-22(2,3)10-11-28-18-15(8-7-9-16(18)24)17(27-28)20(31)26-19(23(4,5)6)21(32)25-12-14(30)13-29/h7-9,14,19,29-30H,10-13H2,1-6H3,(H,25,32)(H,26,31). The second-order valence-corrected chi connectivity index (χ2v) is 10.4. The highest BCUT2D eigenvalue weighted by atomic mass is 19.1. The first-order valence-electron chi connectivity index (χ1n) is 10.8. The summed E-state index contributed by atoms with van der Waals surface area (Å²) in [5, 5.41) is 28.5. The minimum Gasteiger partial charge on any atom is -0.394 e. The van der Waals surface area contributed by atoms with Crippen LogP contribution in [0, 0.1) is 16.6 Å². The molecule has 2 rings (SSSR count). The fourth-order valence-electron chi connectivity index (χ4n) is 3.22. The molecule has 0 saturated carbocycles. The summed E-state index contributed by atoms with van der Waals surface area (Å²) >= 11 is 0. The molecule has 2 unspecified atom stereocenters. The number of rotatable bonds is 8. The number of aryl methyl sites for hydroxylation is 1. The number of carbonyl (C=O) groups excluding carboxylic acids is 2. The first-order chi connectivity index (χ1) is 14.7. The van der Waals surface area contributed by atoms with Crippen molar-refractivity contribution in [2.24, 2.45) is 10.8 Å². The lowest BCUT2D eigenvalue weighted by molar-refractivity contribution is -0.125. The van der Waals surface area contributed by atoms with Crippen LogP contribution in [0.3, 0.4) is 0 Å². The molecule has 0 saturated heterocycles. The van der Waals surface area contributed by atoms with E-state index in [-0.39, 0.29) is 23.2 Å². The highest BCUT2D eigenvalue weighted by Gasteiger charge is 2.34. The van der Waals surface area contributed by atoms with Gasteiger partial charge in [0.25, 0.3) is 5.91 Å². The predicted octanol–water partition coefficient (Wildman–Crippen LogP) is 2.23. The van der Waals surface area contributed by atoms with Crippen LogP contribution in [0.2, 0.25) is 0 Å². The SMILES string of the molecule is CC(C)(C)CCn1nc(C(=O)NC(C(=O)NCC(O)CO)C(C)(C)C)c2cccc(F)c21. The molecule has 4 N–H and O–H groups in total. The maximum Gasteiger partial charge on any atom is 0.273 e. The van der Waals surface area contributed by atoms with Crippen LogP contribution in [-0.2, 0) is 11.3 Å². The van der Waals surface area contributed by atoms with Crippen LogP contribution in [0.1, 0.15) is 58.5 Å². The van der Waals surface area contributed by atoms with Gasteiger partial charge in [-0.1, -0.05) is 53.7 Å². The molecule has 0 bridgehead atoms. The molecular weight excluding hydrogens is 415 g/mol. The molecule has 0 radical (unpaired) electrons. The number of benzene rings is 1. The molecule has 178 valence electrons. The van der Waals surface area contributed by atoms with Gasteiger partial charge in [-0.2, -0.15) is 5.10 Å². The predicted molar refractivity (Wildman–Crippen MR) is 121 cm³/mol. The average Bonchev–Trinajstić information content (AvgIpc) is 3.07. The largest absolute Gasteiger partial charge is 0.394 e. The van der Waals surface area contributed by atoms with E-state index in [1.54, 1.807) is 26.8 Å². The Hall–Kier alpha value is -2.52. The molecule has 32 heavy (non-hydrogen) atoms. The zero-order valence-corrected chi connectivity index (χ0v) is 19.7. The summed E-state index contributed by atoms with van der Waals surface area (Å²) in [6, 6.07) is 3.55. The van der Waals surface area contributed by atoms with E-state index in [1.807, 2.05) is 0 Å². The molecule has 9 heteroatoms. The van der Waals surface area contributed by atoms with Gasteiger partial charge in [-0.25, -0.2) is 4.39 Å². The summed E-state index contributed by atoms with van der Waals surface area (Å²) in [6.07, 6.45) is -0.361. The lowest BCUT2D eigenvalue weighted by atomic mass is 9.86. The van der Waals surface area contributed by atoms with Gasteiger partial charge in [0.05, 0.1) is 12.7 Å². The topological polar surface area (TPSA) is 116 Å². The molecule has 1 aromatic heterocycles. The van der Waals surface area contributed by atoms with Crippen molar-refractivity contribution in [2.75, 3.05) is 13.2 Å². The number of hydrogen-bond donors (Lipinski definition) is 4. The number of amides is 2. The molecule has 1 heterocycles. The van der Waals surface area contributed by atoms with Crippen LogP contribution < -0.4 is 10.6 Å². The van der Waals surface area contributed by atoms with E-state index < -0.39 is 41.8 Å². The monoisotopic (exact) mass is 450 g/mol. The molecule has 0 fully saturated rings. The summed E-state index contributed by atoms with van der Waals surface area (Å²) in [4.78, 5) is 25.9. The van der Waals surface area contributed by atoms with Crippen molar-refractivity contribution in [3.63, 3.8) is 0 Å². The van der Waals surface area contributed by atoms with Crippen molar-refractivity contribution in [3.05, 3.63) is 29.7 Å². The van der Waals surface area contributed by atoms with E-state index in [0.29, 0.717) is 11.9 Å². The number of aliphatic hydroxyl groups excluding tert-OH is 2. The number of nitrogens with one attached hydrogen (secondary N) is 2. The van der Waals surface area contributed by atoms with Crippen LogP contribution in [0.15, 0.2) is 18.2 Å². The normalized spacial score (nSPS) is 14.3. The van der Waals surface area contributed by atoms with E-state index in [9.17, 15) is 19.1 Å². The molecule has 0 spiro atoms. The molecule has 0 aliphatic rings. The third-order valence-corrected chi connectivity index (χ3v) is 5.14. The van der Waals surface area contributed by atoms with Crippen LogP contribution in [0.5, 0.6) is 0 Å². The van der Waals surface area contributed by atoms with Gasteiger partial charge in [0, 0.05) is 18.5 Å². The number of nitrogens with zero attached hydrogens (tertiary/aromatic N) is 2. The second-order valence-electron chi connectivity index (χ2n) is 10.4. The van der Waals surface area contributed by atoms with Gasteiger partial charge < -0.3 is 20.8 Å². The minimum absolute atomic E-state index is 0.000502. The Morgan fingerprint density at radius 1 is 1.19 bits per heavy atom. The van der Waals surface area contributed by atoms with Crippen LogP contribution in [0.25, 0.3) is 10.9 Å². The lowest BCUT2D eigenvalue weighted by Gasteiger charge is -2.30. The number of para-hydroxylation sites is 1. The highest BCUT2D eigenvalue weighted by Crippen LogP contribution is 2.26. The van der Waals surface area contributed by atoms with Crippen molar-refractivity contribution in [2.45, 2.75) is 66.7 Å². The average molecular weight is 451 g/mol. The molecular formula is C23H35FN4O4. The zero-order valence-electron chi connectivity index (χ0n) is 19.7. The number of halogens is 1. The Labute approximate surface area is 188 Å². The first-order valence-corrected chi connectivity index (χ1v) is 10.8. The Bertz CT molecular complexity index is 959. The lowest BCUT2D eigenvalue weighted by Crippen LogP contribution is -2.54. The molecule has 2 amide bonds. The number of aromatic nitrogens is 2.